The molecule has 0 spiro atoms. The average Bonchev–Trinajstić information content (AvgIpc) is 3.52. The molecule has 4 nitrogen and oxygen atoms in total. The van der Waals surface area contributed by atoms with Crippen molar-refractivity contribution in [2.75, 3.05) is 0 Å². The first-order valence-electron chi connectivity index (χ1n) is 10.0. The van der Waals surface area contributed by atoms with Crippen molar-refractivity contribution in [2.24, 2.45) is 4.99 Å². The van der Waals surface area contributed by atoms with E-state index in [4.69, 9.17) is 7.33 Å². The number of hydrogen-bond donors (Lipinski definition) is 2. The van der Waals surface area contributed by atoms with Gasteiger partial charge in [0.05, 0.1) is 0 Å². The second-order valence-electron chi connectivity index (χ2n) is 7.84. The van der Waals surface area contributed by atoms with Crippen LogP contribution < -0.4 is 10.6 Å². The number of amides is 1. The number of nitrogens with one attached hydrogen (secondary N) is 2. The summed E-state index contributed by atoms with van der Waals surface area (Å²) in [4.78, 5) is 16.8. The van der Waals surface area contributed by atoms with Crippen molar-refractivity contribution in [1.29, 1.82) is 0 Å². The predicted octanol–water partition coefficient (Wildman–Crippen LogP) is 4.98. The van der Waals surface area contributed by atoms with Crippen molar-refractivity contribution in [3.8, 4) is 5.80 Å². The van der Waals surface area contributed by atoms with Crippen molar-refractivity contribution in [1.82, 2.24) is 10.6 Å². The van der Waals surface area contributed by atoms with Gasteiger partial charge in [-0.3, -0.25) is 0 Å². The number of aliphatic imine (C=N–C) groups is 1. The molecule has 2 rings (SSSR count). The Hall–Kier alpha value is -3.20. The summed E-state index contributed by atoms with van der Waals surface area (Å²) in [5.41, 5.74) is -3.95. The van der Waals surface area contributed by atoms with Gasteiger partial charge in [-0.15, -0.1) is 0 Å². The summed E-state index contributed by atoms with van der Waals surface area (Å²) >= 11 is 0. The van der Waals surface area contributed by atoms with Gasteiger partial charge in [0.25, 0.3) is 0 Å². The van der Waals surface area contributed by atoms with E-state index >= 15 is 0 Å². The minimum absolute atomic E-state index is 0.0353. The molecule has 0 aromatic heterocycles. The topological polar surface area (TPSA) is 53.5 Å². The molecular weight excluding hydrogens is 459 g/mol. The zero-order valence-corrected chi connectivity index (χ0v) is 18.5. The van der Waals surface area contributed by atoms with Gasteiger partial charge in [0, 0.05) is 0 Å². The van der Waals surface area contributed by atoms with E-state index in [9.17, 15) is 31.1 Å². The summed E-state index contributed by atoms with van der Waals surface area (Å²) in [6.07, 6.45) is -6.10. The number of rotatable bonds is 8. The van der Waals surface area contributed by atoms with E-state index in [2.05, 4.69) is 34.6 Å². The first kappa shape index (κ1) is 27.1. The maximum absolute atomic E-state index is 13.2. The first-order chi connectivity index (χ1) is 15.6. The van der Waals surface area contributed by atoms with Gasteiger partial charge in [0.15, 0.2) is 0 Å². The van der Waals surface area contributed by atoms with Gasteiger partial charge in [-0.1, -0.05) is 0 Å². The summed E-state index contributed by atoms with van der Waals surface area (Å²) in [5, 5.41) is 5.46. The summed E-state index contributed by atoms with van der Waals surface area (Å²) in [6.45, 7) is 10.1. The SMILES string of the molecule is B#CC1(NC(=O)/C(C)=C(/N=CC=C)C(C)NC(=C)c2cc(C(F)(F)F)cc(C(F)(F)F)c2)CC1. The van der Waals surface area contributed by atoms with Crippen LogP contribution in [0.3, 0.4) is 0 Å². The van der Waals surface area contributed by atoms with E-state index in [1.165, 1.54) is 26.1 Å². The van der Waals surface area contributed by atoms with Crippen LogP contribution in [0.1, 0.15) is 43.4 Å². The molecular formula is C23H22BF6N3O. The third-order valence-electron chi connectivity index (χ3n) is 5.16. The van der Waals surface area contributed by atoms with E-state index < -0.39 is 46.5 Å². The number of allylic oxidation sites excluding steroid dienone is 1. The van der Waals surface area contributed by atoms with Crippen molar-refractivity contribution < 1.29 is 31.1 Å². The molecule has 0 heterocycles. The number of carbonyl (C=O) groups excluding carboxylic acids is 1. The molecule has 180 valence electrons. The summed E-state index contributed by atoms with van der Waals surface area (Å²) in [7, 11) is 5.44. The molecule has 0 saturated heterocycles. The Bertz CT molecular complexity index is 1060. The van der Waals surface area contributed by atoms with Gasteiger partial charge >= 0.3 is 161 Å². The average molecular weight is 481 g/mol. The zero-order chi connectivity index (χ0) is 25.9. The van der Waals surface area contributed by atoms with Crippen LogP contribution >= 0.6 is 0 Å². The van der Waals surface area contributed by atoms with Gasteiger partial charge in [0.2, 0.25) is 0 Å². The van der Waals surface area contributed by atoms with Crippen molar-refractivity contribution >= 4 is 25.1 Å². The normalized spacial score (nSPS) is 16.9. The fraction of sp³-hybridized carbons (Fsp3) is 0.348. The second-order valence-corrected chi connectivity index (χ2v) is 7.84. The Morgan fingerprint density at radius 3 is 2.12 bits per heavy atom. The first-order valence-corrected chi connectivity index (χ1v) is 10.0. The van der Waals surface area contributed by atoms with Crippen LogP contribution in [0.2, 0.25) is 0 Å². The van der Waals surface area contributed by atoms with Crippen LogP contribution in [0, 0.1) is 5.80 Å². The Labute approximate surface area is 194 Å². The van der Waals surface area contributed by atoms with Gasteiger partial charge in [-0.05, 0) is 6.07 Å². The third kappa shape index (κ3) is 6.66. The van der Waals surface area contributed by atoms with Crippen LogP contribution in [-0.4, -0.2) is 31.0 Å². The molecule has 1 unspecified atom stereocenters. The van der Waals surface area contributed by atoms with Crippen molar-refractivity contribution in [3.63, 3.8) is 0 Å². The Kier molecular flexibility index (Phi) is 7.93. The van der Waals surface area contributed by atoms with Crippen LogP contribution in [-0.2, 0) is 17.1 Å². The van der Waals surface area contributed by atoms with Crippen molar-refractivity contribution in [2.45, 2.75) is 50.6 Å². The molecule has 0 radical (unpaired) electrons. The summed E-state index contributed by atoms with van der Waals surface area (Å²) < 4.78 is 79.1. The van der Waals surface area contributed by atoms with Gasteiger partial charge in [0.1, 0.15) is 0 Å². The number of halogens is 6. The molecule has 1 aliphatic carbocycles. The second kappa shape index (κ2) is 9.97. The number of carbonyl (C=O) groups is 1. The fourth-order valence-corrected chi connectivity index (χ4v) is 3.07. The molecule has 1 aliphatic rings. The van der Waals surface area contributed by atoms with E-state index in [-0.39, 0.29) is 23.0 Å². The number of benzene rings is 1. The van der Waals surface area contributed by atoms with Gasteiger partial charge < -0.3 is 0 Å². The molecule has 34 heavy (non-hydrogen) atoms. The molecule has 1 saturated carbocycles. The quantitative estimate of drug-likeness (QED) is 0.238. The van der Waals surface area contributed by atoms with E-state index in [0.717, 1.165) is 0 Å². The van der Waals surface area contributed by atoms with Crippen LogP contribution in [0.25, 0.3) is 5.70 Å². The molecule has 1 amide bonds. The number of nitrogens with zero attached hydrogens (tertiary/aromatic N) is 1. The Balaban J connectivity index is 2.39. The fourth-order valence-electron chi connectivity index (χ4n) is 3.07. The third-order valence-corrected chi connectivity index (χ3v) is 5.16. The van der Waals surface area contributed by atoms with Crippen LogP contribution in [0.4, 0.5) is 26.3 Å². The molecule has 0 aliphatic heterocycles. The monoisotopic (exact) mass is 481 g/mol. The molecule has 11 heteroatoms. The minimum atomic E-state index is -4.99. The molecule has 1 aromatic carbocycles. The molecule has 1 atom stereocenters. The maximum atomic E-state index is 13.2. The molecule has 1 fully saturated rings. The Morgan fingerprint density at radius 1 is 1.18 bits per heavy atom. The van der Waals surface area contributed by atoms with Crippen LogP contribution in [0.15, 0.2) is 53.7 Å². The standard InChI is InChI=1S/C23H22BF6N3O/c1-5-8-31-19(13(2)20(34)33-21(12-24)6-7-21)15(4)32-14(3)16-9-17(22(25,26)27)11-18(10-16)23(28,29)30/h5,8-11,15,32H,1,3,6-7H2,2,4H3,(H,33,34)/b19-13+,31-8?. The van der Waals surface area contributed by atoms with Crippen LogP contribution in [0.5, 0.6) is 0 Å². The van der Waals surface area contributed by atoms with E-state index in [1.807, 2.05) is 0 Å². The van der Waals surface area contributed by atoms with Gasteiger partial charge in [-0.2, -0.15) is 26.3 Å². The predicted molar refractivity (Wildman–Crippen MR) is 119 cm³/mol. The van der Waals surface area contributed by atoms with Crippen molar-refractivity contribution in [3.05, 3.63) is 65.4 Å². The summed E-state index contributed by atoms with van der Waals surface area (Å²) in [6, 6.07) is 0.348. The number of alkyl halides is 6. The number of hydrogen-bond acceptors (Lipinski definition) is 3. The van der Waals surface area contributed by atoms with E-state index in [1.54, 1.807) is 0 Å². The Morgan fingerprint density at radius 2 is 1.71 bits per heavy atom. The summed E-state index contributed by atoms with van der Waals surface area (Å²) in [5.74, 6) is 2.02. The molecule has 1 aromatic rings. The molecule has 2 N–H and O–H groups in total. The zero-order valence-electron chi connectivity index (χ0n) is 18.5. The van der Waals surface area contributed by atoms with Gasteiger partial charge in [-0.25, -0.2) is 0 Å². The van der Waals surface area contributed by atoms with E-state index in [0.29, 0.717) is 25.0 Å². The molecule has 0 bridgehead atoms.